The molecule has 0 aliphatic carbocycles. The number of nitro benzene ring substituents is 1. The van der Waals surface area contributed by atoms with Crippen LogP contribution in [0.5, 0.6) is 0 Å². The van der Waals surface area contributed by atoms with E-state index in [1.165, 1.54) is 6.07 Å². The topological polar surface area (TPSA) is 66.6 Å². The molecule has 2 saturated heterocycles. The quantitative estimate of drug-likeness (QED) is 0.400. The van der Waals surface area contributed by atoms with Crippen LogP contribution >= 0.6 is 0 Å². The Labute approximate surface area is 163 Å². The Hall–Kier alpha value is -1.61. The van der Waals surface area contributed by atoms with Gasteiger partial charge in [0.05, 0.1) is 4.92 Å². The van der Waals surface area contributed by atoms with Crippen LogP contribution in [0, 0.1) is 16.0 Å². The summed E-state index contributed by atoms with van der Waals surface area (Å²) in [4.78, 5) is 22.7. The van der Waals surface area contributed by atoms with E-state index in [0.29, 0.717) is 11.6 Å². The summed E-state index contributed by atoms with van der Waals surface area (Å²) in [7, 11) is -2.38. The van der Waals surface area contributed by atoms with Gasteiger partial charge < -0.3 is 9.70 Å². The summed E-state index contributed by atoms with van der Waals surface area (Å²) >= 11 is 0. The third kappa shape index (κ3) is 3.66. The molecule has 28 heavy (non-hydrogen) atoms. The Morgan fingerprint density at radius 1 is 1.29 bits per heavy atom. The Bertz CT molecular complexity index is 777. The summed E-state index contributed by atoms with van der Waals surface area (Å²) in [6, 6.07) is 3.61. The minimum absolute atomic E-state index is 0.114. The SMILES string of the molecule is CC(C)(CC1CC2CCC1N2c1ccc([N+](=O)[O-])c(C(F)(F)F)c1)[Si](C)(C)O. The molecular weight excluding hydrogens is 389 g/mol. The average molecular weight is 417 g/mol. The van der Waals surface area contributed by atoms with Gasteiger partial charge in [-0.1, -0.05) is 13.8 Å². The molecule has 2 bridgehead atoms. The van der Waals surface area contributed by atoms with Crippen molar-refractivity contribution in [3.63, 3.8) is 0 Å². The van der Waals surface area contributed by atoms with E-state index in [1.807, 2.05) is 18.0 Å². The molecule has 1 N–H and O–H groups in total. The maximum atomic E-state index is 13.4. The molecule has 2 aliphatic heterocycles. The van der Waals surface area contributed by atoms with Gasteiger partial charge in [0, 0.05) is 23.8 Å². The smallest absolute Gasteiger partial charge is 0.423 e. The second-order valence-electron chi connectivity index (χ2n) is 9.30. The lowest BCUT2D eigenvalue weighted by Gasteiger charge is -2.39. The van der Waals surface area contributed by atoms with Crippen LogP contribution in [0.2, 0.25) is 18.1 Å². The zero-order valence-corrected chi connectivity index (χ0v) is 17.6. The lowest BCUT2D eigenvalue weighted by Crippen LogP contribution is -2.41. The van der Waals surface area contributed by atoms with Crippen molar-refractivity contribution >= 4 is 19.7 Å². The van der Waals surface area contributed by atoms with Crippen LogP contribution in [0.25, 0.3) is 0 Å². The van der Waals surface area contributed by atoms with Crippen LogP contribution in [0.4, 0.5) is 24.5 Å². The standard InChI is InChI=1S/C19H27F3N2O3Si/c1-18(2,28(3,4)27)11-12-9-13-5-7-16(12)23(13)14-6-8-17(24(25)26)15(10-14)19(20,21)22/h6,8,10,12-13,16,27H,5,7,9,11H2,1-4H3. The highest BCUT2D eigenvalue weighted by Gasteiger charge is 2.50. The molecule has 1 aromatic carbocycles. The van der Waals surface area contributed by atoms with Gasteiger partial charge in [0.15, 0.2) is 8.32 Å². The Morgan fingerprint density at radius 2 is 1.93 bits per heavy atom. The zero-order chi connectivity index (χ0) is 21.1. The molecule has 0 amide bonds. The molecule has 2 aliphatic rings. The van der Waals surface area contributed by atoms with E-state index < -0.39 is 30.7 Å². The maximum Gasteiger partial charge on any atom is 0.423 e. The van der Waals surface area contributed by atoms with Crippen molar-refractivity contribution in [3.05, 3.63) is 33.9 Å². The van der Waals surface area contributed by atoms with Gasteiger partial charge in [0.1, 0.15) is 5.56 Å². The molecule has 0 aromatic heterocycles. The number of alkyl halides is 3. The highest BCUT2D eigenvalue weighted by molar-refractivity contribution is 6.72. The predicted molar refractivity (Wildman–Crippen MR) is 104 cm³/mol. The van der Waals surface area contributed by atoms with Gasteiger partial charge in [0.2, 0.25) is 0 Å². The fraction of sp³-hybridized carbons (Fsp3) is 0.684. The van der Waals surface area contributed by atoms with Crippen LogP contribution in [-0.4, -0.2) is 30.1 Å². The zero-order valence-electron chi connectivity index (χ0n) is 16.6. The predicted octanol–water partition coefficient (Wildman–Crippen LogP) is 5.34. The maximum absolute atomic E-state index is 13.4. The van der Waals surface area contributed by atoms with Gasteiger partial charge in [-0.2, -0.15) is 13.2 Å². The fourth-order valence-corrected chi connectivity index (χ4v) is 5.47. The van der Waals surface area contributed by atoms with Gasteiger partial charge in [-0.25, -0.2) is 0 Å². The molecule has 0 saturated carbocycles. The van der Waals surface area contributed by atoms with Crippen LogP contribution in [0.15, 0.2) is 18.2 Å². The van der Waals surface area contributed by atoms with E-state index in [9.17, 15) is 28.1 Å². The van der Waals surface area contributed by atoms with Crippen molar-refractivity contribution < 1.29 is 22.9 Å². The highest BCUT2D eigenvalue weighted by atomic mass is 28.4. The summed E-state index contributed by atoms with van der Waals surface area (Å²) in [5, 5.41) is 10.8. The summed E-state index contributed by atoms with van der Waals surface area (Å²) in [5.41, 5.74) is -1.69. The van der Waals surface area contributed by atoms with Gasteiger partial charge in [0.25, 0.3) is 5.69 Å². The molecule has 3 unspecified atom stereocenters. The van der Waals surface area contributed by atoms with E-state index in [-0.39, 0.29) is 17.1 Å². The normalized spacial score (nSPS) is 25.4. The van der Waals surface area contributed by atoms with Crippen molar-refractivity contribution in [1.82, 2.24) is 0 Å². The average Bonchev–Trinajstić information content (AvgIpc) is 3.09. The number of halogens is 3. The third-order valence-corrected chi connectivity index (χ3v) is 10.4. The molecule has 156 valence electrons. The number of nitro groups is 1. The minimum atomic E-state index is -4.77. The van der Waals surface area contributed by atoms with Crippen LogP contribution in [-0.2, 0) is 6.18 Å². The largest absolute Gasteiger partial charge is 0.432 e. The number of hydrogen-bond acceptors (Lipinski definition) is 4. The van der Waals surface area contributed by atoms with Crippen molar-refractivity contribution in [1.29, 1.82) is 0 Å². The number of benzene rings is 1. The molecule has 1 aromatic rings. The Morgan fingerprint density at radius 3 is 2.46 bits per heavy atom. The summed E-state index contributed by atoms with van der Waals surface area (Å²) < 4.78 is 40.1. The van der Waals surface area contributed by atoms with Gasteiger partial charge in [-0.3, -0.25) is 10.1 Å². The van der Waals surface area contributed by atoms with Gasteiger partial charge in [-0.15, -0.1) is 0 Å². The van der Waals surface area contributed by atoms with E-state index in [0.717, 1.165) is 37.8 Å². The monoisotopic (exact) mass is 416 g/mol. The van der Waals surface area contributed by atoms with E-state index in [4.69, 9.17) is 0 Å². The van der Waals surface area contributed by atoms with Gasteiger partial charge in [-0.05, 0) is 61.9 Å². The van der Waals surface area contributed by atoms with Gasteiger partial charge >= 0.3 is 6.18 Å². The third-order valence-electron chi connectivity index (χ3n) is 6.87. The highest BCUT2D eigenvalue weighted by Crippen LogP contribution is 2.52. The molecule has 3 atom stereocenters. The molecule has 2 heterocycles. The lowest BCUT2D eigenvalue weighted by atomic mass is 9.83. The minimum Gasteiger partial charge on any atom is -0.432 e. The Balaban J connectivity index is 1.90. The first-order valence-electron chi connectivity index (χ1n) is 9.59. The van der Waals surface area contributed by atoms with Crippen molar-refractivity contribution in [2.75, 3.05) is 4.90 Å². The second-order valence-corrected chi connectivity index (χ2v) is 13.8. The first-order chi connectivity index (χ1) is 12.7. The van der Waals surface area contributed by atoms with Crippen LogP contribution < -0.4 is 4.90 Å². The Kier molecular flexibility index (Phi) is 5.07. The number of nitrogens with zero attached hydrogens (tertiary/aromatic N) is 2. The number of anilines is 1. The first-order valence-corrected chi connectivity index (χ1v) is 12.5. The van der Waals surface area contributed by atoms with Crippen molar-refractivity contribution in [3.8, 4) is 0 Å². The van der Waals surface area contributed by atoms with E-state index >= 15 is 0 Å². The van der Waals surface area contributed by atoms with Crippen LogP contribution in [0.1, 0.15) is 45.1 Å². The first kappa shape index (κ1) is 21.1. The molecule has 2 fully saturated rings. The lowest BCUT2D eigenvalue weighted by molar-refractivity contribution is -0.388. The molecule has 0 radical (unpaired) electrons. The van der Waals surface area contributed by atoms with E-state index in [2.05, 4.69) is 13.8 Å². The van der Waals surface area contributed by atoms with Crippen molar-refractivity contribution in [2.24, 2.45) is 5.92 Å². The summed E-state index contributed by atoms with van der Waals surface area (Å²) in [5.74, 6) is 0.303. The molecule has 0 spiro atoms. The summed E-state index contributed by atoms with van der Waals surface area (Å²) in [6.07, 6.45) is -1.24. The fourth-order valence-electron chi connectivity index (χ4n) is 4.71. The second kappa shape index (κ2) is 6.72. The number of rotatable bonds is 5. The molecule has 9 heteroatoms. The number of hydrogen-bond donors (Lipinski definition) is 1. The number of fused-ring (bicyclic) bond motifs is 2. The molecule has 3 rings (SSSR count). The van der Waals surface area contributed by atoms with E-state index in [1.54, 1.807) is 0 Å². The van der Waals surface area contributed by atoms with Crippen LogP contribution in [0.3, 0.4) is 0 Å². The molecular formula is C19H27F3N2O3Si. The van der Waals surface area contributed by atoms with Crippen molar-refractivity contribution in [2.45, 2.75) is 75.9 Å². The molecule has 5 nitrogen and oxygen atoms in total. The summed E-state index contributed by atoms with van der Waals surface area (Å²) in [6.45, 7) is 7.99.